The van der Waals surface area contributed by atoms with Gasteiger partial charge in [0.05, 0.1) is 5.75 Å². The van der Waals surface area contributed by atoms with E-state index in [1.54, 1.807) is 0 Å². The summed E-state index contributed by atoms with van der Waals surface area (Å²) in [6.07, 6.45) is 1.85. The van der Waals surface area contributed by atoms with E-state index in [9.17, 15) is 9.59 Å². The summed E-state index contributed by atoms with van der Waals surface area (Å²) in [6, 6.07) is 7.21. The van der Waals surface area contributed by atoms with Gasteiger partial charge in [0.25, 0.3) is 5.22 Å². The van der Waals surface area contributed by atoms with Crippen LogP contribution in [-0.4, -0.2) is 34.4 Å². The fourth-order valence-electron chi connectivity index (χ4n) is 1.79. The number of benzene rings is 1. The van der Waals surface area contributed by atoms with E-state index in [2.05, 4.69) is 20.8 Å². The van der Waals surface area contributed by atoms with E-state index in [1.807, 2.05) is 38.1 Å². The van der Waals surface area contributed by atoms with Crippen LogP contribution in [0.2, 0.25) is 0 Å². The number of imide groups is 1. The van der Waals surface area contributed by atoms with E-state index < -0.39 is 11.9 Å². The molecule has 2 N–H and O–H groups in total. The number of carbonyl (C=O) groups excluding carboxylic acids is 2. The lowest BCUT2D eigenvalue weighted by Crippen LogP contribution is -2.40. The van der Waals surface area contributed by atoms with E-state index in [1.165, 1.54) is 0 Å². The third kappa shape index (κ3) is 5.69. The lowest BCUT2D eigenvalue weighted by atomic mass is 10.1. The molecule has 0 aliphatic rings. The smallest absolute Gasteiger partial charge is 0.321 e. The highest BCUT2D eigenvalue weighted by Gasteiger charge is 2.12. The number of unbranched alkanes of at least 4 members (excludes halogenated alkanes) is 1. The fraction of sp³-hybridized carbons (Fsp3) is 0.375. The van der Waals surface area contributed by atoms with Crippen molar-refractivity contribution < 1.29 is 14.0 Å². The molecule has 1 aromatic heterocycles. The third-order valence-electron chi connectivity index (χ3n) is 3.10. The molecule has 24 heavy (non-hydrogen) atoms. The molecule has 0 aliphatic heterocycles. The number of thioether (sulfide) groups is 1. The predicted octanol–water partition coefficient (Wildman–Crippen LogP) is 2.76. The van der Waals surface area contributed by atoms with Crippen LogP contribution in [0.1, 0.15) is 25.3 Å². The van der Waals surface area contributed by atoms with Crippen LogP contribution in [0.3, 0.4) is 0 Å². The average molecular weight is 348 g/mol. The lowest BCUT2D eigenvalue weighted by Gasteiger charge is -2.04. The standard InChI is InChI=1S/C16H20N4O3S/c1-3-4-9-17-15(22)18-13(21)10-24-16-20-19-14(23-16)12-7-5-11(2)6-8-12/h5-8H,3-4,9-10H2,1-2H3,(H2,17,18,21,22). The van der Waals surface area contributed by atoms with Gasteiger partial charge in [0, 0.05) is 12.1 Å². The van der Waals surface area contributed by atoms with Gasteiger partial charge in [-0.15, -0.1) is 10.2 Å². The molecule has 1 heterocycles. The molecule has 0 atom stereocenters. The maximum atomic E-state index is 11.7. The number of aromatic nitrogens is 2. The molecule has 0 aliphatic carbocycles. The number of hydrogen-bond acceptors (Lipinski definition) is 6. The Balaban J connectivity index is 1.79. The fourth-order valence-corrected chi connectivity index (χ4v) is 2.36. The monoisotopic (exact) mass is 348 g/mol. The van der Waals surface area contributed by atoms with Crippen LogP contribution in [-0.2, 0) is 4.79 Å². The van der Waals surface area contributed by atoms with Crippen LogP contribution in [0.25, 0.3) is 11.5 Å². The number of hydrogen-bond donors (Lipinski definition) is 2. The molecule has 0 radical (unpaired) electrons. The summed E-state index contributed by atoms with van der Waals surface area (Å²) in [5.74, 6) is 0.01000. The van der Waals surface area contributed by atoms with Crippen molar-refractivity contribution in [1.82, 2.24) is 20.8 Å². The van der Waals surface area contributed by atoms with Crippen LogP contribution >= 0.6 is 11.8 Å². The Morgan fingerprint density at radius 2 is 1.96 bits per heavy atom. The molecule has 1 aromatic carbocycles. The van der Waals surface area contributed by atoms with Gasteiger partial charge in [0.2, 0.25) is 11.8 Å². The molecule has 2 rings (SSSR count). The van der Waals surface area contributed by atoms with Crippen LogP contribution in [0, 0.1) is 6.92 Å². The number of nitrogens with one attached hydrogen (secondary N) is 2. The van der Waals surface area contributed by atoms with Gasteiger partial charge < -0.3 is 9.73 Å². The van der Waals surface area contributed by atoms with Crippen molar-refractivity contribution in [1.29, 1.82) is 0 Å². The van der Waals surface area contributed by atoms with Crippen molar-refractivity contribution in [2.45, 2.75) is 31.9 Å². The topological polar surface area (TPSA) is 97.1 Å². The largest absolute Gasteiger partial charge is 0.411 e. The molecular weight excluding hydrogens is 328 g/mol. The van der Waals surface area contributed by atoms with Crippen molar-refractivity contribution >= 4 is 23.7 Å². The van der Waals surface area contributed by atoms with E-state index in [4.69, 9.17) is 4.42 Å². The molecule has 0 bridgehead atoms. The third-order valence-corrected chi connectivity index (χ3v) is 3.92. The van der Waals surface area contributed by atoms with Gasteiger partial charge in [-0.2, -0.15) is 0 Å². The summed E-state index contributed by atoms with van der Waals surface area (Å²) in [4.78, 5) is 23.1. The summed E-state index contributed by atoms with van der Waals surface area (Å²) in [5.41, 5.74) is 1.96. The van der Waals surface area contributed by atoms with Crippen LogP contribution in [0.4, 0.5) is 4.79 Å². The second kappa shape index (κ2) is 9.07. The minimum atomic E-state index is -0.486. The predicted molar refractivity (Wildman–Crippen MR) is 91.6 cm³/mol. The van der Waals surface area contributed by atoms with Gasteiger partial charge in [-0.1, -0.05) is 42.8 Å². The molecule has 7 nitrogen and oxygen atoms in total. The first kappa shape index (κ1) is 18.0. The Bertz CT molecular complexity index is 685. The lowest BCUT2D eigenvalue weighted by molar-refractivity contribution is -0.117. The Labute approximate surface area is 144 Å². The highest BCUT2D eigenvalue weighted by molar-refractivity contribution is 7.99. The molecule has 128 valence electrons. The first-order valence-electron chi connectivity index (χ1n) is 7.69. The molecule has 0 saturated heterocycles. The Morgan fingerprint density at radius 3 is 2.67 bits per heavy atom. The number of carbonyl (C=O) groups is 2. The molecule has 2 aromatic rings. The molecule has 0 fully saturated rings. The maximum absolute atomic E-state index is 11.7. The van der Waals surface area contributed by atoms with Gasteiger partial charge in [-0.05, 0) is 25.5 Å². The van der Waals surface area contributed by atoms with E-state index in [0.717, 1.165) is 35.7 Å². The number of aryl methyl sites for hydroxylation is 1. The van der Waals surface area contributed by atoms with Crippen molar-refractivity contribution in [2.24, 2.45) is 0 Å². The number of amides is 3. The van der Waals surface area contributed by atoms with Crippen LogP contribution in [0.15, 0.2) is 33.9 Å². The highest BCUT2D eigenvalue weighted by Crippen LogP contribution is 2.23. The van der Waals surface area contributed by atoms with E-state index in [0.29, 0.717) is 12.4 Å². The molecule has 0 unspecified atom stereocenters. The summed E-state index contributed by atoms with van der Waals surface area (Å²) >= 11 is 1.09. The van der Waals surface area contributed by atoms with Gasteiger partial charge >= 0.3 is 6.03 Å². The first-order chi connectivity index (χ1) is 11.6. The average Bonchev–Trinajstić information content (AvgIpc) is 3.03. The maximum Gasteiger partial charge on any atom is 0.321 e. The summed E-state index contributed by atoms with van der Waals surface area (Å²) in [5, 5.41) is 13.0. The van der Waals surface area contributed by atoms with Crippen molar-refractivity contribution in [2.75, 3.05) is 12.3 Å². The van der Waals surface area contributed by atoms with E-state index in [-0.39, 0.29) is 11.0 Å². The van der Waals surface area contributed by atoms with Gasteiger partial charge in [-0.3, -0.25) is 10.1 Å². The van der Waals surface area contributed by atoms with Gasteiger partial charge in [-0.25, -0.2) is 4.79 Å². The summed E-state index contributed by atoms with van der Waals surface area (Å²) < 4.78 is 5.50. The normalized spacial score (nSPS) is 10.4. The van der Waals surface area contributed by atoms with Crippen LogP contribution in [0.5, 0.6) is 0 Å². The Kier molecular flexibility index (Phi) is 6.80. The minimum absolute atomic E-state index is 0.0245. The van der Waals surface area contributed by atoms with Crippen molar-refractivity contribution in [3.63, 3.8) is 0 Å². The Morgan fingerprint density at radius 1 is 1.21 bits per heavy atom. The zero-order chi connectivity index (χ0) is 17.4. The molecule has 0 spiro atoms. The second-order valence-corrected chi connectivity index (χ2v) is 6.11. The van der Waals surface area contributed by atoms with Crippen molar-refractivity contribution in [3.05, 3.63) is 29.8 Å². The van der Waals surface area contributed by atoms with Gasteiger partial charge in [0.1, 0.15) is 0 Å². The van der Waals surface area contributed by atoms with E-state index >= 15 is 0 Å². The SMILES string of the molecule is CCCCNC(=O)NC(=O)CSc1nnc(-c2ccc(C)cc2)o1. The minimum Gasteiger partial charge on any atom is -0.411 e. The molecule has 8 heteroatoms. The molecule has 0 saturated carbocycles. The quantitative estimate of drug-likeness (QED) is 0.590. The number of rotatable bonds is 7. The van der Waals surface area contributed by atoms with Crippen molar-refractivity contribution in [3.8, 4) is 11.5 Å². The molecule has 3 amide bonds. The first-order valence-corrected chi connectivity index (χ1v) is 8.68. The number of urea groups is 1. The Hall–Kier alpha value is -2.35. The summed E-state index contributed by atoms with van der Waals surface area (Å²) in [6.45, 7) is 4.57. The zero-order valence-electron chi connectivity index (χ0n) is 13.7. The second-order valence-electron chi connectivity index (χ2n) is 5.19. The molecular formula is C16H20N4O3S. The van der Waals surface area contributed by atoms with Gasteiger partial charge in [0.15, 0.2) is 0 Å². The van der Waals surface area contributed by atoms with Crippen LogP contribution < -0.4 is 10.6 Å². The zero-order valence-corrected chi connectivity index (χ0v) is 14.5. The summed E-state index contributed by atoms with van der Waals surface area (Å²) in [7, 11) is 0. The highest BCUT2D eigenvalue weighted by atomic mass is 32.2. The number of nitrogens with zero attached hydrogens (tertiary/aromatic N) is 2.